The smallest absolute Gasteiger partial charge is 0.270 e. The van der Waals surface area contributed by atoms with Crippen molar-refractivity contribution in [2.45, 2.75) is 6.54 Å². The summed E-state index contributed by atoms with van der Waals surface area (Å²) in [5.41, 5.74) is 3.00. The zero-order chi connectivity index (χ0) is 24.4. The van der Waals surface area contributed by atoms with Crippen molar-refractivity contribution in [2.24, 2.45) is 0 Å². The first-order chi connectivity index (χ1) is 17.0. The summed E-state index contributed by atoms with van der Waals surface area (Å²) in [6.45, 7) is 3.86. The molecule has 1 aliphatic rings. The topological polar surface area (TPSA) is 95.4 Å². The molecule has 1 aromatic heterocycles. The highest BCUT2D eigenvalue weighted by Gasteiger charge is 2.26. The van der Waals surface area contributed by atoms with Crippen LogP contribution < -0.4 is 4.90 Å². The van der Waals surface area contributed by atoms with Crippen LogP contribution in [0.1, 0.15) is 21.5 Å². The van der Waals surface area contributed by atoms with Crippen molar-refractivity contribution in [3.63, 3.8) is 0 Å². The van der Waals surface area contributed by atoms with Crippen LogP contribution in [0.3, 0.4) is 0 Å². The van der Waals surface area contributed by atoms with Gasteiger partial charge in [-0.05, 0) is 17.7 Å². The number of nitro groups is 1. The van der Waals surface area contributed by atoms with Gasteiger partial charge < -0.3 is 4.90 Å². The number of piperazine rings is 1. The maximum atomic E-state index is 13.7. The minimum atomic E-state index is -0.493. The first kappa shape index (κ1) is 22.3. The Bertz CT molecular complexity index is 1450. The van der Waals surface area contributed by atoms with Gasteiger partial charge in [0.25, 0.3) is 11.6 Å². The van der Waals surface area contributed by atoms with E-state index in [2.05, 4.69) is 28.0 Å². The quantitative estimate of drug-likeness (QED) is 0.320. The first-order valence-electron chi connectivity index (χ1n) is 11.4. The standard InChI is InChI=1S/C27H23N5O3/c28-17-21-19-31(26-9-5-4-8-23(21)26)27(33)24-16-22(32(34)35)10-11-25(24)30-14-12-29(13-15-30)18-20-6-2-1-3-7-20/h1-11,16,19H,12-15,18H2. The maximum Gasteiger partial charge on any atom is 0.270 e. The molecule has 0 bridgehead atoms. The number of fused-ring (bicyclic) bond motifs is 1. The van der Waals surface area contributed by atoms with Crippen molar-refractivity contribution in [3.8, 4) is 6.07 Å². The molecule has 0 atom stereocenters. The average Bonchev–Trinajstić information content (AvgIpc) is 3.28. The number of rotatable bonds is 5. The summed E-state index contributed by atoms with van der Waals surface area (Å²) in [6, 6.07) is 24.0. The zero-order valence-corrected chi connectivity index (χ0v) is 19.0. The molecule has 35 heavy (non-hydrogen) atoms. The Balaban J connectivity index is 1.46. The van der Waals surface area contributed by atoms with Crippen LogP contribution in [0.5, 0.6) is 0 Å². The zero-order valence-electron chi connectivity index (χ0n) is 19.0. The van der Waals surface area contributed by atoms with E-state index in [9.17, 15) is 20.2 Å². The Morgan fingerprint density at radius 2 is 1.69 bits per heavy atom. The maximum absolute atomic E-state index is 13.7. The molecule has 0 spiro atoms. The van der Waals surface area contributed by atoms with Gasteiger partial charge in [-0.25, -0.2) is 0 Å². The van der Waals surface area contributed by atoms with Gasteiger partial charge in [0.2, 0.25) is 0 Å². The van der Waals surface area contributed by atoms with Gasteiger partial charge in [-0.15, -0.1) is 0 Å². The number of nitro benzene ring substituents is 1. The summed E-state index contributed by atoms with van der Waals surface area (Å²) >= 11 is 0. The molecular formula is C27H23N5O3. The monoisotopic (exact) mass is 465 g/mol. The van der Waals surface area contributed by atoms with Gasteiger partial charge in [-0.2, -0.15) is 5.26 Å². The average molecular weight is 466 g/mol. The summed E-state index contributed by atoms with van der Waals surface area (Å²) < 4.78 is 1.42. The molecule has 174 valence electrons. The lowest BCUT2D eigenvalue weighted by Crippen LogP contribution is -2.46. The summed E-state index contributed by atoms with van der Waals surface area (Å²) in [4.78, 5) is 29.2. The molecule has 4 aromatic rings. The molecule has 0 unspecified atom stereocenters. The summed E-state index contributed by atoms with van der Waals surface area (Å²) in [7, 11) is 0. The first-order valence-corrected chi connectivity index (χ1v) is 11.4. The van der Waals surface area contributed by atoms with Crippen molar-refractivity contribution in [1.29, 1.82) is 5.26 Å². The Kier molecular flexibility index (Phi) is 6.00. The largest absolute Gasteiger partial charge is 0.368 e. The number of aromatic nitrogens is 1. The van der Waals surface area contributed by atoms with Gasteiger partial charge in [-0.1, -0.05) is 48.5 Å². The number of hydrogen-bond donors (Lipinski definition) is 0. The number of non-ortho nitro benzene ring substituents is 1. The molecule has 3 aromatic carbocycles. The second-order valence-corrected chi connectivity index (χ2v) is 8.55. The van der Waals surface area contributed by atoms with Crippen LogP contribution in [0, 0.1) is 21.4 Å². The van der Waals surface area contributed by atoms with Gasteiger partial charge in [0.05, 0.1) is 27.3 Å². The van der Waals surface area contributed by atoms with Crippen LogP contribution in [0.25, 0.3) is 10.9 Å². The van der Waals surface area contributed by atoms with Crippen molar-refractivity contribution in [1.82, 2.24) is 9.47 Å². The minimum Gasteiger partial charge on any atom is -0.368 e. The van der Waals surface area contributed by atoms with Crippen LogP contribution >= 0.6 is 0 Å². The van der Waals surface area contributed by atoms with Crippen molar-refractivity contribution < 1.29 is 9.72 Å². The highest BCUT2D eigenvalue weighted by atomic mass is 16.6. The molecule has 0 aliphatic carbocycles. The highest BCUT2D eigenvalue weighted by molar-refractivity contribution is 6.07. The molecule has 0 saturated carbocycles. The number of nitriles is 1. The summed E-state index contributed by atoms with van der Waals surface area (Å²) in [5.74, 6) is -0.395. The van der Waals surface area contributed by atoms with Crippen molar-refractivity contribution >= 4 is 28.2 Å². The molecule has 1 saturated heterocycles. The molecule has 8 heteroatoms. The Morgan fingerprint density at radius 3 is 2.40 bits per heavy atom. The third kappa shape index (κ3) is 4.37. The fraction of sp³-hybridized carbons (Fsp3) is 0.185. The summed E-state index contributed by atoms with van der Waals surface area (Å²) in [5, 5.41) is 21.7. The number of carbonyl (C=O) groups excluding carboxylic acids is 1. The van der Waals surface area contributed by atoms with E-state index in [1.807, 2.05) is 24.3 Å². The molecule has 0 radical (unpaired) electrons. The second kappa shape index (κ2) is 9.41. The van der Waals surface area contributed by atoms with Crippen molar-refractivity contribution in [2.75, 3.05) is 31.1 Å². The molecule has 1 fully saturated rings. The van der Waals surface area contributed by atoms with E-state index in [1.165, 1.54) is 28.5 Å². The molecule has 8 nitrogen and oxygen atoms in total. The van der Waals surface area contributed by atoms with Crippen LogP contribution in [0.4, 0.5) is 11.4 Å². The van der Waals surface area contributed by atoms with Crippen molar-refractivity contribution in [3.05, 3.63) is 106 Å². The van der Waals surface area contributed by atoms with E-state index >= 15 is 0 Å². The number of hydrogen-bond acceptors (Lipinski definition) is 6. The van der Waals surface area contributed by atoms with Gasteiger partial charge in [0.15, 0.2) is 0 Å². The van der Waals surface area contributed by atoms with Gasteiger partial charge in [0.1, 0.15) is 6.07 Å². The summed E-state index contributed by atoms with van der Waals surface area (Å²) in [6.07, 6.45) is 1.51. The Labute approximate surface area is 202 Å². The Hall–Kier alpha value is -4.48. The van der Waals surface area contributed by atoms with Crippen LogP contribution in [-0.2, 0) is 6.54 Å². The van der Waals surface area contributed by atoms with Gasteiger partial charge in [-0.3, -0.25) is 24.4 Å². The van der Waals surface area contributed by atoms with E-state index in [4.69, 9.17) is 0 Å². The lowest BCUT2D eigenvalue weighted by atomic mass is 10.1. The van der Waals surface area contributed by atoms with Crippen LogP contribution in [0.15, 0.2) is 79.0 Å². The third-order valence-electron chi connectivity index (χ3n) is 6.43. The fourth-order valence-corrected chi connectivity index (χ4v) is 4.64. The van der Waals surface area contributed by atoms with Gasteiger partial charge in [0, 0.05) is 56.4 Å². The van der Waals surface area contributed by atoms with E-state index < -0.39 is 10.8 Å². The van der Waals surface area contributed by atoms with Crippen LogP contribution in [-0.4, -0.2) is 46.5 Å². The number of para-hydroxylation sites is 1. The molecular weight excluding hydrogens is 442 g/mol. The SMILES string of the molecule is N#Cc1cn(C(=O)c2cc([N+](=O)[O-])ccc2N2CCN(Cc3ccccc3)CC2)c2ccccc12. The third-order valence-corrected chi connectivity index (χ3v) is 6.43. The highest BCUT2D eigenvalue weighted by Crippen LogP contribution is 2.30. The lowest BCUT2D eigenvalue weighted by molar-refractivity contribution is -0.384. The lowest BCUT2D eigenvalue weighted by Gasteiger charge is -2.36. The minimum absolute atomic E-state index is 0.142. The fourth-order valence-electron chi connectivity index (χ4n) is 4.64. The predicted octanol–water partition coefficient (Wildman–Crippen LogP) is 4.43. The normalized spacial score (nSPS) is 14.1. The van der Waals surface area contributed by atoms with E-state index in [0.717, 1.165) is 19.6 Å². The number of anilines is 1. The van der Waals surface area contributed by atoms with Gasteiger partial charge >= 0.3 is 0 Å². The number of benzene rings is 3. The molecule has 5 rings (SSSR count). The number of nitrogens with zero attached hydrogens (tertiary/aromatic N) is 5. The van der Waals surface area contributed by atoms with E-state index in [0.29, 0.717) is 35.2 Å². The molecule has 0 N–H and O–H groups in total. The predicted molar refractivity (Wildman–Crippen MR) is 133 cm³/mol. The number of carbonyl (C=O) groups is 1. The van der Waals surface area contributed by atoms with Crippen LogP contribution in [0.2, 0.25) is 0 Å². The molecule has 1 aliphatic heterocycles. The second-order valence-electron chi connectivity index (χ2n) is 8.55. The molecule has 2 heterocycles. The van der Waals surface area contributed by atoms with E-state index in [1.54, 1.807) is 24.3 Å². The molecule has 0 amide bonds. The van der Waals surface area contributed by atoms with E-state index in [-0.39, 0.29) is 11.3 Å². The Morgan fingerprint density at radius 1 is 0.971 bits per heavy atom.